The zero-order valence-electron chi connectivity index (χ0n) is 10.3. The summed E-state index contributed by atoms with van der Waals surface area (Å²) in [5.74, 6) is -0.0980. The maximum Gasteiger partial charge on any atom is 0.300 e. The van der Waals surface area contributed by atoms with Crippen LogP contribution < -0.4 is 10.6 Å². The number of piperidine rings is 1. The first-order valence-electron chi connectivity index (χ1n) is 6.11. The number of fused-ring (bicyclic) bond motifs is 1. The van der Waals surface area contributed by atoms with Gasteiger partial charge in [-0.2, -0.15) is 0 Å². The van der Waals surface area contributed by atoms with Crippen LogP contribution in [0.25, 0.3) is 11.0 Å². The second kappa shape index (κ2) is 4.76. The summed E-state index contributed by atoms with van der Waals surface area (Å²) in [6.45, 7) is 0.665. The van der Waals surface area contributed by atoms with E-state index in [1.165, 1.54) is 12.1 Å². The molecular formula is C11H11N5O4. The molecule has 104 valence electrons. The monoisotopic (exact) mass is 277 g/mol. The summed E-state index contributed by atoms with van der Waals surface area (Å²) in [5.41, 5.74) is 0.627. The van der Waals surface area contributed by atoms with Crippen LogP contribution in [0.4, 0.5) is 11.4 Å². The molecule has 2 aromatic rings. The molecule has 9 nitrogen and oxygen atoms in total. The van der Waals surface area contributed by atoms with Gasteiger partial charge in [-0.1, -0.05) is 0 Å². The summed E-state index contributed by atoms with van der Waals surface area (Å²) in [6.07, 6.45) is 1.56. The molecule has 1 amide bonds. The summed E-state index contributed by atoms with van der Waals surface area (Å²) >= 11 is 0. The highest BCUT2D eigenvalue weighted by Gasteiger charge is 2.25. The molecule has 1 unspecified atom stereocenters. The van der Waals surface area contributed by atoms with Gasteiger partial charge in [-0.25, -0.2) is 4.63 Å². The zero-order chi connectivity index (χ0) is 14.1. The van der Waals surface area contributed by atoms with Gasteiger partial charge in [-0.3, -0.25) is 14.9 Å². The lowest BCUT2D eigenvalue weighted by Gasteiger charge is -2.23. The van der Waals surface area contributed by atoms with E-state index in [1.54, 1.807) is 0 Å². The molecule has 1 aliphatic heterocycles. The fourth-order valence-electron chi connectivity index (χ4n) is 2.21. The van der Waals surface area contributed by atoms with E-state index in [2.05, 4.69) is 25.6 Å². The van der Waals surface area contributed by atoms with Crippen molar-refractivity contribution in [3.05, 3.63) is 22.2 Å². The van der Waals surface area contributed by atoms with Gasteiger partial charge in [-0.05, 0) is 29.2 Å². The number of nitrogens with one attached hydrogen (secondary N) is 2. The molecule has 3 rings (SSSR count). The van der Waals surface area contributed by atoms with Crippen LogP contribution in [-0.2, 0) is 4.79 Å². The summed E-state index contributed by atoms with van der Waals surface area (Å²) < 4.78 is 4.57. The molecule has 20 heavy (non-hydrogen) atoms. The minimum absolute atomic E-state index is 0.0659. The fraction of sp³-hybridized carbons (Fsp3) is 0.364. The summed E-state index contributed by atoms with van der Waals surface area (Å²) in [6, 6.07) is 2.44. The molecule has 1 aliphatic rings. The Morgan fingerprint density at radius 3 is 2.95 bits per heavy atom. The number of nitro groups is 1. The summed E-state index contributed by atoms with van der Waals surface area (Å²) in [7, 11) is 0. The number of carbonyl (C=O) groups is 1. The third-order valence-corrected chi connectivity index (χ3v) is 3.21. The minimum atomic E-state index is -0.552. The van der Waals surface area contributed by atoms with Crippen molar-refractivity contribution >= 4 is 28.3 Å². The topological polar surface area (TPSA) is 123 Å². The van der Waals surface area contributed by atoms with Crippen LogP contribution >= 0.6 is 0 Å². The number of amides is 1. The van der Waals surface area contributed by atoms with Gasteiger partial charge >= 0.3 is 5.69 Å². The molecule has 2 heterocycles. The van der Waals surface area contributed by atoms with E-state index in [9.17, 15) is 14.9 Å². The van der Waals surface area contributed by atoms with Crippen molar-refractivity contribution in [1.29, 1.82) is 0 Å². The zero-order valence-corrected chi connectivity index (χ0v) is 10.3. The van der Waals surface area contributed by atoms with Crippen LogP contribution in [0.15, 0.2) is 16.8 Å². The Morgan fingerprint density at radius 1 is 1.40 bits per heavy atom. The third kappa shape index (κ3) is 2.02. The largest absolute Gasteiger partial charge is 0.372 e. The van der Waals surface area contributed by atoms with Crippen molar-refractivity contribution in [2.45, 2.75) is 18.9 Å². The SMILES string of the molecule is O=C1NCCCC1Nc1ccc([N+](=O)[O-])c2nonc12. The Balaban J connectivity index is 1.96. The first kappa shape index (κ1) is 12.3. The highest BCUT2D eigenvalue weighted by atomic mass is 16.6. The van der Waals surface area contributed by atoms with E-state index in [0.29, 0.717) is 18.7 Å². The van der Waals surface area contributed by atoms with Gasteiger partial charge in [0.15, 0.2) is 5.52 Å². The lowest BCUT2D eigenvalue weighted by atomic mass is 10.1. The Hall–Kier alpha value is -2.71. The van der Waals surface area contributed by atoms with Crippen LogP contribution in [0.1, 0.15) is 12.8 Å². The summed E-state index contributed by atoms with van der Waals surface area (Å²) in [5, 5.41) is 23.9. The van der Waals surface area contributed by atoms with E-state index in [0.717, 1.165) is 6.42 Å². The molecule has 1 fully saturated rings. The second-order valence-corrected chi connectivity index (χ2v) is 4.48. The molecule has 0 saturated carbocycles. The van der Waals surface area contributed by atoms with Gasteiger partial charge < -0.3 is 10.6 Å². The fourth-order valence-corrected chi connectivity index (χ4v) is 2.21. The van der Waals surface area contributed by atoms with Gasteiger partial charge in [0.2, 0.25) is 11.4 Å². The number of anilines is 1. The first-order chi connectivity index (χ1) is 9.66. The van der Waals surface area contributed by atoms with Crippen LogP contribution in [0.5, 0.6) is 0 Å². The molecule has 0 radical (unpaired) electrons. The Bertz CT molecular complexity index is 683. The lowest BCUT2D eigenvalue weighted by molar-refractivity contribution is -0.383. The average Bonchev–Trinajstić information content (AvgIpc) is 2.90. The van der Waals surface area contributed by atoms with Gasteiger partial charge in [0, 0.05) is 12.6 Å². The minimum Gasteiger partial charge on any atom is -0.372 e. The number of nitrogens with zero attached hydrogens (tertiary/aromatic N) is 3. The number of hydrogen-bond donors (Lipinski definition) is 2. The smallest absolute Gasteiger partial charge is 0.300 e. The molecule has 9 heteroatoms. The van der Waals surface area contributed by atoms with E-state index in [4.69, 9.17) is 0 Å². The predicted octanol–water partition coefficient (Wildman–Crippen LogP) is 0.821. The number of rotatable bonds is 3. The first-order valence-corrected chi connectivity index (χ1v) is 6.11. The molecule has 2 N–H and O–H groups in total. The van der Waals surface area contributed by atoms with Crippen molar-refractivity contribution in [2.24, 2.45) is 0 Å². The molecule has 1 aromatic carbocycles. The molecule has 1 aromatic heterocycles. The molecule has 1 atom stereocenters. The van der Waals surface area contributed by atoms with Gasteiger partial charge in [-0.15, -0.1) is 0 Å². The quantitative estimate of drug-likeness (QED) is 0.628. The number of carbonyl (C=O) groups excluding carboxylic acids is 1. The van der Waals surface area contributed by atoms with Crippen LogP contribution in [0.3, 0.4) is 0 Å². The lowest BCUT2D eigenvalue weighted by Crippen LogP contribution is -2.44. The normalized spacial score (nSPS) is 18.8. The number of non-ortho nitro benzene ring substituents is 1. The van der Waals surface area contributed by atoms with Gasteiger partial charge in [0.1, 0.15) is 6.04 Å². The van der Waals surface area contributed by atoms with Crippen molar-refractivity contribution in [2.75, 3.05) is 11.9 Å². The van der Waals surface area contributed by atoms with Crippen molar-refractivity contribution in [1.82, 2.24) is 15.6 Å². The molecular weight excluding hydrogens is 266 g/mol. The highest BCUT2D eigenvalue weighted by molar-refractivity contribution is 5.95. The maximum absolute atomic E-state index is 11.7. The molecule has 0 bridgehead atoms. The summed E-state index contributed by atoms with van der Waals surface area (Å²) in [4.78, 5) is 22.0. The Morgan fingerprint density at radius 2 is 2.20 bits per heavy atom. The maximum atomic E-state index is 11.7. The van der Waals surface area contributed by atoms with Gasteiger partial charge in [0.05, 0.1) is 10.6 Å². The van der Waals surface area contributed by atoms with E-state index >= 15 is 0 Å². The van der Waals surface area contributed by atoms with Crippen molar-refractivity contribution in [3.8, 4) is 0 Å². The highest BCUT2D eigenvalue weighted by Crippen LogP contribution is 2.29. The average molecular weight is 277 g/mol. The van der Waals surface area contributed by atoms with Crippen molar-refractivity contribution in [3.63, 3.8) is 0 Å². The molecule has 1 saturated heterocycles. The Kier molecular flexibility index (Phi) is 2.93. The predicted molar refractivity (Wildman–Crippen MR) is 68.1 cm³/mol. The number of nitro benzene ring substituents is 1. The van der Waals surface area contributed by atoms with Crippen LogP contribution in [-0.4, -0.2) is 33.7 Å². The van der Waals surface area contributed by atoms with Crippen LogP contribution in [0, 0.1) is 10.1 Å². The van der Waals surface area contributed by atoms with Gasteiger partial charge in [0.25, 0.3) is 0 Å². The molecule has 0 spiro atoms. The number of benzene rings is 1. The third-order valence-electron chi connectivity index (χ3n) is 3.21. The Labute approximate surface area is 112 Å². The number of aromatic nitrogens is 2. The molecule has 0 aliphatic carbocycles. The van der Waals surface area contributed by atoms with E-state index in [1.807, 2.05) is 0 Å². The standard InChI is InChI=1S/C11H11N5O4/c17-11-7(2-1-5-12-11)13-6-3-4-8(16(18)19)10-9(6)14-20-15-10/h3-4,7,13H,1-2,5H2,(H,12,17). The van der Waals surface area contributed by atoms with E-state index < -0.39 is 4.92 Å². The van der Waals surface area contributed by atoms with Crippen molar-refractivity contribution < 1.29 is 14.3 Å². The van der Waals surface area contributed by atoms with Crippen LogP contribution in [0.2, 0.25) is 0 Å². The van der Waals surface area contributed by atoms with E-state index in [-0.39, 0.29) is 28.7 Å². The second-order valence-electron chi connectivity index (χ2n) is 4.48. The number of hydrogen-bond acceptors (Lipinski definition) is 7.